The average molecular weight is 642 g/mol. The molecule has 0 saturated carbocycles. The lowest BCUT2D eigenvalue weighted by Gasteiger charge is -2.39. The van der Waals surface area contributed by atoms with E-state index in [1.807, 2.05) is 0 Å². The van der Waals surface area contributed by atoms with E-state index in [0.717, 1.165) is 9.87 Å². The third-order valence-corrected chi connectivity index (χ3v) is 8.14. The molecular formula is C26H39N7O10S. The van der Waals surface area contributed by atoms with Crippen LogP contribution in [0.5, 0.6) is 0 Å². The zero-order valence-corrected chi connectivity index (χ0v) is 25.8. The minimum absolute atomic E-state index is 0.000134. The fourth-order valence-corrected chi connectivity index (χ4v) is 5.92. The molecule has 1 unspecified atom stereocenters. The Balaban J connectivity index is 2.13. The SMILES string of the molecule is COC(=O)[C@H](Cc1ccccc1)NC(=O)[C@H](CCCN/C(N)=N\[N+](=O)[O-])NC(=O)CC1CS(=O)(=O)N1CC(=O)OC(C)(C)C. The van der Waals surface area contributed by atoms with Crippen molar-refractivity contribution in [1.82, 2.24) is 20.3 Å². The van der Waals surface area contributed by atoms with Crippen molar-refractivity contribution in [3.8, 4) is 0 Å². The first-order chi connectivity index (χ1) is 20.5. The van der Waals surface area contributed by atoms with Gasteiger partial charge in [0.1, 0.15) is 29.3 Å². The number of rotatable bonds is 15. The van der Waals surface area contributed by atoms with Gasteiger partial charge in [0.15, 0.2) is 5.03 Å². The van der Waals surface area contributed by atoms with Crippen molar-refractivity contribution in [3.63, 3.8) is 0 Å². The zero-order chi connectivity index (χ0) is 33.1. The zero-order valence-electron chi connectivity index (χ0n) is 25.0. The minimum Gasteiger partial charge on any atom is -0.467 e. The van der Waals surface area contributed by atoms with Gasteiger partial charge in [-0.1, -0.05) is 30.3 Å². The lowest BCUT2D eigenvalue weighted by molar-refractivity contribution is -0.485. The molecule has 2 rings (SSSR count). The van der Waals surface area contributed by atoms with Crippen LogP contribution in [0.25, 0.3) is 0 Å². The number of nitrogens with zero attached hydrogens (tertiary/aromatic N) is 3. The molecule has 0 aromatic heterocycles. The highest BCUT2D eigenvalue weighted by Crippen LogP contribution is 2.25. The molecule has 1 fully saturated rings. The topological polar surface area (TPSA) is 242 Å². The summed E-state index contributed by atoms with van der Waals surface area (Å²) < 4.78 is 35.5. The van der Waals surface area contributed by atoms with Crippen LogP contribution in [0.2, 0.25) is 0 Å². The summed E-state index contributed by atoms with van der Waals surface area (Å²) in [5.41, 5.74) is 5.31. The van der Waals surface area contributed by atoms with Crippen LogP contribution in [0.1, 0.15) is 45.6 Å². The predicted molar refractivity (Wildman–Crippen MR) is 157 cm³/mol. The van der Waals surface area contributed by atoms with E-state index in [2.05, 4.69) is 21.1 Å². The molecular weight excluding hydrogens is 602 g/mol. The number of nitrogens with two attached hydrogens (primary N) is 1. The summed E-state index contributed by atoms with van der Waals surface area (Å²) in [6.07, 6.45) is -0.0670. The summed E-state index contributed by atoms with van der Waals surface area (Å²) in [6, 6.07) is 5.73. The van der Waals surface area contributed by atoms with Gasteiger partial charge in [-0.25, -0.2) is 23.3 Å². The number of methoxy groups -OCH3 is 1. The van der Waals surface area contributed by atoms with E-state index in [1.165, 1.54) is 7.11 Å². The Hall–Kier alpha value is -4.32. The Bertz CT molecular complexity index is 1330. The van der Waals surface area contributed by atoms with Gasteiger partial charge in [-0.2, -0.15) is 4.31 Å². The second-order valence-corrected chi connectivity index (χ2v) is 12.9. The van der Waals surface area contributed by atoms with E-state index in [0.29, 0.717) is 0 Å². The molecule has 1 aliphatic rings. The molecule has 244 valence electrons. The molecule has 0 spiro atoms. The number of nitrogens with one attached hydrogen (secondary N) is 3. The van der Waals surface area contributed by atoms with Gasteiger partial charge in [0.2, 0.25) is 21.8 Å². The van der Waals surface area contributed by atoms with E-state index in [-0.39, 0.29) is 38.0 Å². The maximum atomic E-state index is 13.3. The maximum Gasteiger partial charge on any atom is 0.328 e. The van der Waals surface area contributed by atoms with Crippen LogP contribution >= 0.6 is 0 Å². The van der Waals surface area contributed by atoms with Crippen molar-refractivity contribution < 1.29 is 42.1 Å². The number of hydrogen-bond acceptors (Lipinski definition) is 10. The molecule has 1 aromatic carbocycles. The number of esters is 2. The number of guanidine groups is 1. The number of amides is 2. The molecule has 1 saturated heterocycles. The van der Waals surface area contributed by atoms with Crippen molar-refractivity contribution in [2.75, 3.05) is 26.0 Å². The van der Waals surface area contributed by atoms with Gasteiger partial charge in [-0.15, -0.1) is 0 Å². The van der Waals surface area contributed by atoms with Gasteiger partial charge >= 0.3 is 11.9 Å². The molecule has 2 amide bonds. The number of hydrazone groups is 1. The fourth-order valence-electron chi connectivity index (χ4n) is 4.29. The first-order valence-corrected chi connectivity index (χ1v) is 15.3. The molecule has 1 aliphatic heterocycles. The Morgan fingerprint density at radius 1 is 1.16 bits per heavy atom. The molecule has 44 heavy (non-hydrogen) atoms. The third kappa shape index (κ3) is 12.1. The summed E-state index contributed by atoms with van der Waals surface area (Å²) in [5, 5.41) is 20.1. The third-order valence-electron chi connectivity index (χ3n) is 6.20. The molecule has 0 radical (unpaired) electrons. The highest BCUT2D eigenvalue weighted by molar-refractivity contribution is 7.90. The van der Waals surface area contributed by atoms with Crippen LogP contribution in [-0.4, -0.2) is 97.1 Å². The van der Waals surface area contributed by atoms with E-state index in [1.54, 1.807) is 51.1 Å². The van der Waals surface area contributed by atoms with Crippen LogP contribution < -0.4 is 21.7 Å². The summed E-state index contributed by atoms with van der Waals surface area (Å²) in [5.74, 6) is -3.72. The normalized spacial score (nSPS) is 17.7. The highest BCUT2D eigenvalue weighted by Gasteiger charge is 2.46. The van der Waals surface area contributed by atoms with Gasteiger partial charge in [0.25, 0.3) is 5.96 Å². The molecule has 0 aliphatic carbocycles. The molecule has 3 atom stereocenters. The van der Waals surface area contributed by atoms with E-state index in [4.69, 9.17) is 15.2 Å². The second kappa shape index (κ2) is 15.9. The van der Waals surface area contributed by atoms with Crippen LogP contribution in [0, 0.1) is 10.1 Å². The number of nitro groups is 1. The van der Waals surface area contributed by atoms with Crippen molar-refractivity contribution in [1.29, 1.82) is 0 Å². The maximum absolute atomic E-state index is 13.3. The summed E-state index contributed by atoms with van der Waals surface area (Å²) >= 11 is 0. The molecule has 18 heteroatoms. The molecule has 1 aromatic rings. The van der Waals surface area contributed by atoms with Crippen LogP contribution in [0.4, 0.5) is 0 Å². The molecule has 1 heterocycles. The summed E-state index contributed by atoms with van der Waals surface area (Å²) in [7, 11) is -2.59. The lowest BCUT2D eigenvalue weighted by Crippen LogP contribution is -2.60. The van der Waals surface area contributed by atoms with E-state index in [9.17, 15) is 37.7 Å². The van der Waals surface area contributed by atoms with Crippen molar-refractivity contribution in [3.05, 3.63) is 46.0 Å². The predicted octanol–water partition coefficient (Wildman–Crippen LogP) is -1.01. The average Bonchev–Trinajstić information content (AvgIpc) is 2.91. The number of carbonyl (C=O) groups excluding carboxylic acids is 4. The van der Waals surface area contributed by atoms with Gasteiger partial charge in [0.05, 0.1) is 12.9 Å². The quantitative estimate of drug-likeness (QED) is 0.0450. The standard InChI is InChI=1S/C26H39N7O10S/c1-26(2,3)43-22(35)15-32-18(16-44(32,40)41)14-21(34)29-19(11-8-12-28-25(27)31-33(38)39)23(36)30-20(24(37)42-4)13-17-9-6-5-7-10-17/h5-7,9-10,18-20H,8,11-16H2,1-4H3,(H,29,34)(H,30,36)(H3,27,28,31)/t18?,19-,20-/m0/s1. The first kappa shape index (κ1) is 35.9. The Morgan fingerprint density at radius 2 is 1.82 bits per heavy atom. The molecule has 17 nitrogen and oxygen atoms in total. The van der Waals surface area contributed by atoms with Crippen LogP contribution in [-0.2, 0) is 45.1 Å². The number of benzene rings is 1. The summed E-state index contributed by atoms with van der Waals surface area (Å²) in [4.78, 5) is 61.5. The summed E-state index contributed by atoms with van der Waals surface area (Å²) in [6.45, 7) is 4.39. The van der Waals surface area contributed by atoms with Crippen molar-refractivity contribution in [2.45, 2.75) is 70.2 Å². The second-order valence-electron chi connectivity index (χ2n) is 11.0. The number of carbonyl (C=O) groups is 4. The lowest BCUT2D eigenvalue weighted by atomic mass is 10.0. The fraction of sp³-hybridized carbons (Fsp3) is 0.577. The molecule has 5 N–H and O–H groups in total. The van der Waals surface area contributed by atoms with Gasteiger partial charge in [-0.05, 0) is 39.2 Å². The monoisotopic (exact) mass is 641 g/mol. The Kier molecular flexibility index (Phi) is 13.0. The highest BCUT2D eigenvalue weighted by atomic mass is 32.2. The Morgan fingerprint density at radius 3 is 2.39 bits per heavy atom. The molecule has 0 bridgehead atoms. The van der Waals surface area contributed by atoms with Gasteiger partial charge < -0.3 is 31.2 Å². The van der Waals surface area contributed by atoms with E-state index < -0.39 is 75.0 Å². The van der Waals surface area contributed by atoms with Crippen LogP contribution in [0.15, 0.2) is 35.4 Å². The first-order valence-electron chi connectivity index (χ1n) is 13.7. The van der Waals surface area contributed by atoms with E-state index >= 15 is 0 Å². The largest absolute Gasteiger partial charge is 0.467 e. The van der Waals surface area contributed by atoms with Gasteiger partial charge in [-0.3, -0.25) is 14.4 Å². The van der Waals surface area contributed by atoms with Crippen molar-refractivity contribution in [2.24, 2.45) is 10.8 Å². The number of ether oxygens (including phenoxy) is 2. The minimum atomic E-state index is -3.76. The van der Waals surface area contributed by atoms with Crippen LogP contribution in [0.3, 0.4) is 0 Å². The Labute approximate surface area is 255 Å². The number of sulfonamides is 1. The smallest absolute Gasteiger partial charge is 0.328 e. The van der Waals surface area contributed by atoms with Gasteiger partial charge in [0, 0.05) is 25.4 Å². The number of hydrogen-bond donors (Lipinski definition) is 4. The van der Waals surface area contributed by atoms with Crippen molar-refractivity contribution >= 4 is 39.7 Å².